The van der Waals surface area contributed by atoms with E-state index in [1.807, 2.05) is 25.1 Å². The zero-order valence-corrected chi connectivity index (χ0v) is 10.9. The number of benzene rings is 1. The fourth-order valence-electron chi connectivity index (χ4n) is 1.51. The van der Waals surface area contributed by atoms with Gasteiger partial charge in [-0.1, -0.05) is 50.3 Å². The molecule has 0 heterocycles. The molecular weight excluding hydrogens is 214 g/mol. The van der Waals surface area contributed by atoms with Crippen LogP contribution in [-0.4, -0.2) is 4.99 Å². The van der Waals surface area contributed by atoms with Crippen molar-refractivity contribution in [3.05, 3.63) is 36.4 Å². The van der Waals surface area contributed by atoms with Gasteiger partial charge in [-0.05, 0) is 31.4 Å². The number of rotatable bonds is 5. The van der Waals surface area contributed by atoms with Crippen LogP contribution >= 0.6 is 12.2 Å². The van der Waals surface area contributed by atoms with E-state index in [1.54, 1.807) is 0 Å². The van der Waals surface area contributed by atoms with Gasteiger partial charge in [0.2, 0.25) is 0 Å². The van der Waals surface area contributed by atoms with Crippen LogP contribution in [-0.2, 0) is 0 Å². The van der Waals surface area contributed by atoms with E-state index >= 15 is 0 Å². The van der Waals surface area contributed by atoms with Crippen molar-refractivity contribution < 1.29 is 0 Å². The number of nitrogens with one attached hydrogen (secondary N) is 1. The summed E-state index contributed by atoms with van der Waals surface area (Å²) in [6.07, 6.45) is 3.27. The minimum Gasteiger partial charge on any atom is -0.350 e. The Morgan fingerprint density at radius 2 is 2.06 bits per heavy atom. The maximum Gasteiger partial charge on any atom is 0.0797 e. The summed E-state index contributed by atoms with van der Waals surface area (Å²) in [4.78, 5) is 0.913. The van der Waals surface area contributed by atoms with Crippen molar-refractivity contribution in [2.24, 2.45) is 0 Å². The molecule has 0 aliphatic heterocycles. The minimum atomic E-state index is 0.913. The summed E-state index contributed by atoms with van der Waals surface area (Å²) >= 11 is 5.31. The lowest BCUT2D eigenvalue weighted by Crippen LogP contribution is -2.09. The molecular formula is C14H19NS. The maximum atomic E-state index is 5.31. The molecule has 1 aromatic carbocycles. The molecule has 0 aliphatic rings. The van der Waals surface area contributed by atoms with Crippen molar-refractivity contribution in [1.82, 2.24) is 0 Å². The molecule has 0 atom stereocenters. The van der Waals surface area contributed by atoms with E-state index in [1.165, 1.54) is 6.42 Å². The van der Waals surface area contributed by atoms with Gasteiger partial charge in [0.15, 0.2) is 0 Å². The number of unbranched alkanes of at least 4 members (excludes halogenated alkanes) is 1. The average molecular weight is 233 g/mol. The Kier molecular flexibility index (Phi) is 5.20. The molecule has 0 spiro atoms. The van der Waals surface area contributed by atoms with Crippen molar-refractivity contribution in [3.8, 4) is 0 Å². The van der Waals surface area contributed by atoms with Crippen molar-refractivity contribution in [2.45, 2.75) is 33.1 Å². The van der Waals surface area contributed by atoms with E-state index in [4.69, 9.17) is 12.2 Å². The van der Waals surface area contributed by atoms with E-state index in [0.29, 0.717) is 0 Å². The molecule has 0 radical (unpaired) electrons. The zero-order chi connectivity index (χ0) is 12.0. The van der Waals surface area contributed by atoms with E-state index in [0.717, 1.165) is 34.7 Å². The highest BCUT2D eigenvalue weighted by molar-refractivity contribution is 7.80. The Bertz CT molecular complexity index is 382. The summed E-state index contributed by atoms with van der Waals surface area (Å²) < 4.78 is 0. The predicted molar refractivity (Wildman–Crippen MR) is 76.9 cm³/mol. The van der Waals surface area contributed by atoms with Crippen molar-refractivity contribution >= 4 is 28.5 Å². The normalized spacial score (nSPS) is 9.88. The van der Waals surface area contributed by atoms with E-state index in [-0.39, 0.29) is 0 Å². The molecule has 0 aromatic heterocycles. The predicted octanol–water partition coefficient (Wildman–Crippen LogP) is 4.65. The van der Waals surface area contributed by atoms with Crippen molar-refractivity contribution in [1.29, 1.82) is 0 Å². The number of hydrogen-bond acceptors (Lipinski definition) is 1. The summed E-state index contributed by atoms with van der Waals surface area (Å²) in [5.41, 5.74) is 3.26. The highest BCUT2D eigenvalue weighted by Gasteiger charge is 2.03. The molecule has 16 heavy (non-hydrogen) atoms. The van der Waals surface area contributed by atoms with E-state index < -0.39 is 0 Å². The maximum absolute atomic E-state index is 5.31. The third kappa shape index (κ3) is 3.78. The lowest BCUT2D eigenvalue weighted by molar-refractivity contribution is 0.839. The van der Waals surface area contributed by atoms with Crippen LogP contribution in [0.4, 0.5) is 5.69 Å². The highest BCUT2D eigenvalue weighted by atomic mass is 32.1. The largest absolute Gasteiger partial charge is 0.350 e. The standard InChI is InChI=1S/C14H19NS/c1-4-5-10-14(16)15-13-9-7-6-8-12(13)11(2)3/h6-9H,2,4-5,10H2,1,3H3,(H,15,16). The van der Waals surface area contributed by atoms with Gasteiger partial charge < -0.3 is 5.32 Å². The van der Waals surface area contributed by atoms with Gasteiger partial charge >= 0.3 is 0 Å². The van der Waals surface area contributed by atoms with Crippen LogP contribution in [0.5, 0.6) is 0 Å². The van der Waals surface area contributed by atoms with Gasteiger partial charge in [-0.15, -0.1) is 0 Å². The van der Waals surface area contributed by atoms with E-state index in [2.05, 4.69) is 24.9 Å². The third-order valence-electron chi connectivity index (χ3n) is 2.42. The van der Waals surface area contributed by atoms with Crippen LogP contribution in [0.2, 0.25) is 0 Å². The molecule has 1 N–H and O–H groups in total. The fourth-order valence-corrected chi connectivity index (χ4v) is 1.77. The molecule has 0 saturated heterocycles. The summed E-state index contributed by atoms with van der Waals surface area (Å²) in [5.74, 6) is 0. The molecule has 1 aromatic rings. The number of para-hydroxylation sites is 1. The van der Waals surface area contributed by atoms with Gasteiger partial charge in [-0.25, -0.2) is 0 Å². The van der Waals surface area contributed by atoms with E-state index in [9.17, 15) is 0 Å². The molecule has 0 fully saturated rings. The summed E-state index contributed by atoms with van der Waals surface area (Å²) in [6, 6.07) is 8.14. The molecule has 2 heteroatoms. The lowest BCUT2D eigenvalue weighted by atomic mass is 10.1. The summed E-state index contributed by atoms with van der Waals surface area (Å²) in [6.45, 7) is 8.15. The second-order valence-electron chi connectivity index (χ2n) is 3.98. The molecule has 0 saturated carbocycles. The SMILES string of the molecule is C=C(C)c1ccccc1NC(=S)CCCC. The first-order valence-electron chi connectivity index (χ1n) is 5.70. The number of thiocarbonyl (C=S) groups is 1. The van der Waals surface area contributed by atoms with Crippen LogP contribution in [0, 0.1) is 0 Å². The first-order chi connectivity index (χ1) is 7.65. The van der Waals surface area contributed by atoms with Crippen LogP contribution in [0.1, 0.15) is 38.7 Å². The number of anilines is 1. The first kappa shape index (κ1) is 12.9. The number of allylic oxidation sites excluding steroid dienone is 1. The highest BCUT2D eigenvalue weighted by Crippen LogP contribution is 2.22. The lowest BCUT2D eigenvalue weighted by Gasteiger charge is -2.12. The molecule has 0 aliphatic carbocycles. The second kappa shape index (κ2) is 6.44. The van der Waals surface area contributed by atoms with Crippen molar-refractivity contribution in [2.75, 3.05) is 5.32 Å². The minimum absolute atomic E-state index is 0.913. The van der Waals surface area contributed by atoms with Crippen LogP contribution in [0.15, 0.2) is 30.8 Å². The van der Waals surface area contributed by atoms with Gasteiger partial charge in [0.1, 0.15) is 0 Å². The first-order valence-corrected chi connectivity index (χ1v) is 6.10. The summed E-state index contributed by atoms with van der Waals surface area (Å²) in [7, 11) is 0. The van der Waals surface area contributed by atoms with Gasteiger partial charge in [0.05, 0.1) is 4.99 Å². The van der Waals surface area contributed by atoms with Crippen LogP contribution in [0.25, 0.3) is 5.57 Å². The molecule has 0 unspecified atom stereocenters. The Hall–Kier alpha value is -1.15. The van der Waals surface area contributed by atoms with Crippen LogP contribution < -0.4 is 5.32 Å². The Balaban J connectivity index is 2.73. The van der Waals surface area contributed by atoms with Crippen molar-refractivity contribution in [3.63, 3.8) is 0 Å². The second-order valence-corrected chi connectivity index (χ2v) is 4.47. The van der Waals surface area contributed by atoms with Gasteiger partial charge in [0, 0.05) is 11.3 Å². The third-order valence-corrected chi connectivity index (χ3v) is 2.72. The number of hydrogen-bond donors (Lipinski definition) is 1. The Morgan fingerprint density at radius 1 is 1.38 bits per heavy atom. The quantitative estimate of drug-likeness (QED) is 0.743. The molecule has 1 nitrogen and oxygen atoms in total. The smallest absolute Gasteiger partial charge is 0.0797 e. The Labute approximate surface area is 104 Å². The van der Waals surface area contributed by atoms with Gasteiger partial charge in [-0.2, -0.15) is 0 Å². The molecule has 0 amide bonds. The fraction of sp³-hybridized carbons (Fsp3) is 0.357. The zero-order valence-electron chi connectivity index (χ0n) is 10.0. The Morgan fingerprint density at radius 3 is 2.69 bits per heavy atom. The monoisotopic (exact) mass is 233 g/mol. The topological polar surface area (TPSA) is 12.0 Å². The molecule has 86 valence electrons. The van der Waals surface area contributed by atoms with Gasteiger partial charge in [0.25, 0.3) is 0 Å². The average Bonchev–Trinajstić information content (AvgIpc) is 2.27. The summed E-state index contributed by atoms with van der Waals surface area (Å²) in [5, 5.41) is 3.30. The van der Waals surface area contributed by atoms with Crippen LogP contribution in [0.3, 0.4) is 0 Å². The van der Waals surface area contributed by atoms with Gasteiger partial charge in [-0.3, -0.25) is 0 Å². The molecule has 0 bridgehead atoms. The molecule has 1 rings (SSSR count).